The summed E-state index contributed by atoms with van der Waals surface area (Å²) >= 11 is 0. The normalized spacial score (nSPS) is 12.9. The van der Waals surface area contributed by atoms with Crippen molar-refractivity contribution in [2.45, 2.75) is 19.3 Å². The van der Waals surface area contributed by atoms with Crippen LogP contribution in [0.3, 0.4) is 0 Å². The van der Waals surface area contributed by atoms with Crippen LogP contribution in [-0.2, 0) is 4.74 Å². The van der Waals surface area contributed by atoms with Gasteiger partial charge in [0.25, 0.3) is 5.91 Å². The highest BCUT2D eigenvalue weighted by atomic mass is 19.4. The van der Waals surface area contributed by atoms with Crippen molar-refractivity contribution in [3.8, 4) is 5.75 Å². The third-order valence-electron chi connectivity index (χ3n) is 2.12. The van der Waals surface area contributed by atoms with E-state index in [0.29, 0.717) is 6.61 Å². The summed E-state index contributed by atoms with van der Waals surface area (Å²) in [6.45, 7) is 2.03. The first-order chi connectivity index (χ1) is 8.81. The number of alkyl halides is 3. The summed E-state index contributed by atoms with van der Waals surface area (Å²) in [4.78, 5) is 11.7. The van der Waals surface area contributed by atoms with Gasteiger partial charge in [0, 0.05) is 18.7 Å². The first kappa shape index (κ1) is 15.3. The second kappa shape index (κ2) is 6.42. The van der Waals surface area contributed by atoms with E-state index >= 15 is 0 Å². The Balaban J connectivity index is 2.73. The van der Waals surface area contributed by atoms with Crippen LogP contribution in [0.2, 0.25) is 0 Å². The minimum absolute atomic E-state index is 0.0877. The molecule has 1 rings (SSSR count). The third-order valence-corrected chi connectivity index (χ3v) is 2.12. The molecule has 1 unspecified atom stereocenters. The standard InChI is InChI=1S/C12H14F3NO3/c1-8(7-18-2)16-11(17)9-4-3-5-10(6-9)19-12(13,14)15/h3-6,8H,7H2,1-2H3,(H,16,17). The van der Waals surface area contributed by atoms with Crippen LogP contribution in [0.1, 0.15) is 17.3 Å². The largest absolute Gasteiger partial charge is 0.573 e. The van der Waals surface area contributed by atoms with Gasteiger partial charge in [0.2, 0.25) is 0 Å². The van der Waals surface area contributed by atoms with Gasteiger partial charge < -0.3 is 14.8 Å². The van der Waals surface area contributed by atoms with E-state index in [-0.39, 0.29) is 11.6 Å². The van der Waals surface area contributed by atoms with E-state index in [0.717, 1.165) is 12.1 Å². The highest BCUT2D eigenvalue weighted by molar-refractivity contribution is 5.94. The van der Waals surface area contributed by atoms with Crippen LogP contribution in [0.5, 0.6) is 5.75 Å². The minimum Gasteiger partial charge on any atom is -0.406 e. The molecule has 0 radical (unpaired) electrons. The Morgan fingerprint density at radius 2 is 2.11 bits per heavy atom. The molecule has 4 nitrogen and oxygen atoms in total. The van der Waals surface area contributed by atoms with Crippen LogP contribution >= 0.6 is 0 Å². The number of carbonyl (C=O) groups excluding carboxylic acids is 1. The molecular weight excluding hydrogens is 263 g/mol. The van der Waals surface area contributed by atoms with Crippen molar-refractivity contribution in [2.24, 2.45) is 0 Å². The highest BCUT2D eigenvalue weighted by Crippen LogP contribution is 2.23. The number of hydrogen-bond acceptors (Lipinski definition) is 3. The summed E-state index contributed by atoms with van der Waals surface area (Å²) in [6, 6.07) is 4.63. The van der Waals surface area contributed by atoms with Crippen LogP contribution in [0, 0.1) is 0 Å². The van der Waals surface area contributed by atoms with Crippen molar-refractivity contribution in [2.75, 3.05) is 13.7 Å². The Labute approximate surface area is 108 Å². The number of rotatable bonds is 5. The molecule has 106 valence electrons. The number of methoxy groups -OCH3 is 1. The predicted molar refractivity (Wildman–Crippen MR) is 61.9 cm³/mol. The Kier molecular flexibility index (Phi) is 5.17. The Morgan fingerprint density at radius 1 is 1.42 bits per heavy atom. The van der Waals surface area contributed by atoms with Crippen molar-refractivity contribution in [1.29, 1.82) is 0 Å². The molecule has 0 fully saturated rings. The molecule has 0 aliphatic carbocycles. The van der Waals surface area contributed by atoms with E-state index in [4.69, 9.17) is 4.74 Å². The zero-order chi connectivity index (χ0) is 14.5. The molecule has 1 aromatic rings. The summed E-state index contributed by atoms with van der Waals surface area (Å²) in [7, 11) is 1.49. The molecule has 7 heteroatoms. The number of ether oxygens (including phenoxy) is 2. The van der Waals surface area contributed by atoms with E-state index in [1.165, 1.54) is 19.2 Å². The van der Waals surface area contributed by atoms with Gasteiger partial charge in [-0.2, -0.15) is 0 Å². The summed E-state index contributed by atoms with van der Waals surface area (Å²) in [6.07, 6.45) is -4.78. The molecule has 0 saturated carbocycles. The van der Waals surface area contributed by atoms with Crippen LogP contribution in [0.15, 0.2) is 24.3 Å². The van der Waals surface area contributed by atoms with Crippen LogP contribution in [-0.4, -0.2) is 32.0 Å². The predicted octanol–water partition coefficient (Wildman–Crippen LogP) is 2.35. The summed E-state index contributed by atoms with van der Waals surface area (Å²) < 4.78 is 44.7. The lowest BCUT2D eigenvalue weighted by Gasteiger charge is -2.13. The van der Waals surface area contributed by atoms with Gasteiger partial charge in [-0.1, -0.05) is 6.07 Å². The summed E-state index contributed by atoms with van der Waals surface area (Å²) in [5.74, 6) is -0.920. The molecule has 19 heavy (non-hydrogen) atoms. The lowest BCUT2D eigenvalue weighted by Crippen LogP contribution is -2.35. The van der Waals surface area contributed by atoms with Gasteiger partial charge >= 0.3 is 6.36 Å². The number of carbonyl (C=O) groups is 1. The second-order valence-electron chi connectivity index (χ2n) is 3.91. The van der Waals surface area contributed by atoms with E-state index in [1.807, 2.05) is 0 Å². The van der Waals surface area contributed by atoms with Crippen molar-refractivity contribution < 1.29 is 27.4 Å². The molecule has 0 bridgehead atoms. The maximum absolute atomic E-state index is 12.0. The highest BCUT2D eigenvalue weighted by Gasteiger charge is 2.31. The van der Waals surface area contributed by atoms with Crippen LogP contribution < -0.4 is 10.1 Å². The van der Waals surface area contributed by atoms with E-state index in [2.05, 4.69) is 10.1 Å². The molecule has 0 saturated heterocycles. The van der Waals surface area contributed by atoms with Crippen LogP contribution in [0.4, 0.5) is 13.2 Å². The SMILES string of the molecule is COCC(C)NC(=O)c1cccc(OC(F)(F)F)c1. The van der Waals surface area contributed by atoms with Crippen molar-refractivity contribution in [3.63, 3.8) is 0 Å². The molecular formula is C12H14F3NO3. The van der Waals surface area contributed by atoms with Crippen molar-refractivity contribution >= 4 is 5.91 Å². The molecule has 0 aromatic heterocycles. The Morgan fingerprint density at radius 3 is 2.68 bits per heavy atom. The average molecular weight is 277 g/mol. The second-order valence-corrected chi connectivity index (χ2v) is 3.91. The lowest BCUT2D eigenvalue weighted by atomic mass is 10.2. The monoisotopic (exact) mass is 277 g/mol. The maximum Gasteiger partial charge on any atom is 0.573 e. The summed E-state index contributed by atoms with van der Waals surface area (Å²) in [5, 5.41) is 2.59. The third kappa shape index (κ3) is 5.60. The number of halogens is 3. The van der Waals surface area contributed by atoms with Gasteiger partial charge in [0.05, 0.1) is 6.61 Å². The number of amides is 1. The maximum atomic E-state index is 12.0. The van der Waals surface area contributed by atoms with Crippen molar-refractivity contribution in [3.05, 3.63) is 29.8 Å². The fraction of sp³-hybridized carbons (Fsp3) is 0.417. The topological polar surface area (TPSA) is 47.6 Å². The van der Waals surface area contributed by atoms with E-state index < -0.39 is 18.0 Å². The molecule has 0 aliphatic rings. The average Bonchev–Trinajstić information content (AvgIpc) is 2.27. The first-order valence-corrected chi connectivity index (χ1v) is 5.47. The quantitative estimate of drug-likeness (QED) is 0.898. The van der Waals surface area contributed by atoms with Gasteiger partial charge in [-0.3, -0.25) is 4.79 Å². The fourth-order valence-electron chi connectivity index (χ4n) is 1.43. The molecule has 0 spiro atoms. The molecule has 0 heterocycles. The molecule has 1 N–H and O–H groups in total. The summed E-state index contributed by atoms with van der Waals surface area (Å²) in [5.41, 5.74) is 0.0877. The van der Waals surface area contributed by atoms with Gasteiger partial charge in [0.15, 0.2) is 0 Å². The first-order valence-electron chi connectivity index (χ1n) is 5.47. The van der Waals surface area contributed by atoms with E-state index in [1.54, 1.807) is 6.92 Å². The van der Waals surface area contributed by atoms with E-state index in [9.17, 15) is 18.0 Å². The zero-order valence-corrected chi connectivity index (χ0v) is 10.5. The smallest absolute Gasteiger partial charge is 0.406 e. The van der Waals surface area contributed by atoms with Gasteiger partial charge in [-0.25, -0.2) is 0 Å². The molecule has 1 atom stereocenters. The number of hydrogen-bond donors (Lipinski definition) is 1. The zero-order valence-electron chi connectivity index (χ0n) is 10.5. The van der Waals surface area contributed by atoms with Gasteiger partial charge in [0.1, 0.15) is 5.75 Å². The Hall–Kier alpha value is -1.76. The van der Waals surface area contributed by atoms with Gasteiger partial charge in [-0.05, 0) is 25.1 Å². The van der Waals surface area contributed by atoms with Crippen LogP contribution in [0.25, 0.3) is 0 Å². The fourth-order valence-corrected chi connectivity index (χ4v) is 1.43. The molecule has 1 amide bonds. The number of benzene rings is 1. The molecule has 0 aliphatic heterocycles. The lowest BCUT2D eigenvalue weighted by molar-refractivity contribution is -0.274. The molecule has 1 aromatic carbocycles. The minimum atomic E-state index is -4.78. The van der Waals surface area contributed by atoms with Crippen molar-refractivity contribution in [1.82, 2.24) is 5.32 Å². The number of nitrogens with one attached hydrogen (secondary N) is 1. The Bertz CT molecular complexity index is 434. The van der Waals surface area contributed by atoms with Gasteiger partial charge in [-0.15, -0.1) is 13.2 Å².